The van der Waals surface area contributed by atoms with Gasteiger partial charge >= 0.3 is 11.9 Å². The molecule has 2 unspecified atom stereocenters. The number of hydrogen-bond donors (Lipinski definition) is 0. The normalized spacial score (nSPS) is 19.8. The third kappa shape index (κ3) is 3.00. The number of nitro benzene ring substituents is 1. The van der Waals surface area contributed by atoms with Gasteiger partial charge in [-0.3, -0.25) is 14.9 Å². The molecule has 0 aliphatic carbocycles. The van der Waals surface area contributed by atoms with Gasteiger partial charge in [0, 0.05) is 11.6 Å². The molecule has 0 fully saturated rings. The molecule has 0 bridgehead atoms. The SMILES string of the molecule is COC(=O)C1=NN=C(C)C(C(=O)OC)C1c1ccccc1[N+](=O)[O-]. The van der Waals surface area contributed by atoms with Gasteiger partial charge in [0.15, 0.2) is 5.71 Å². The Morgan fingerprint density at radius 2 is 1.83 bits per heavy atom. The molecule has 24 heavy (non-hydrogen) atoms. The molecule has 9 nitrogen and oxygen atoms in total. The highest BCUT2D eigenvalue weighted by Crippen LogP contribution is 2.37. The summed E-state index contributed by atoms with van der Waals surface area (Å²) in [5.74, 6) is -3.52. The fourth-order valence-corrected chi connectivity index (χ4v) is 2.61. The molecule has 126 valence electrons. The van der Waals surface area contributed by atoms with E-state index in [9.17, 15) is 19.7 Å². The van der Waals surface area contributed by atoms with Gasteiger partial charge < -0.3 is 9.47 Å². The molecule has 0 amide bonds. The first-order valence-electron chi connectivity index (χ1n) is 6.93. The highest BCUT2D eigenvalue weighted by molar-refractivity contribution is 6.40. The van der Waals surface area contributed by atoms with Crippen LogP contribution >= 0.6 is 0 Å². The molecule has 1 aromatic carbocycles. The van der Waals surface area contributed by atoms with Gasteiger partial charge in [-0.15, -0.1) is 5.10 Å². The number of nitrogens with zero attached hydrogens (tertiary/aromatic N) is 3. The molecule has 0 saturated carbocycles. The van der Waals surface area contributed by atoms with Crippen LogP contribution in [0.1, 0.15) is 18.4 Å². The number of carbonyl (C=O) groups is 2. The van der Waals surface area contributed by atoms with Crippen LogP contribution in [0.2, 0.25) is 0 Å². The van der Waals surface area contributed by atoms with E-state index >= 15 is 0 Å². The van der Waals surface area contributed by atoms with Crippen molar-refractivity contribution in [3.05, 3.63) is 39.9 Å². The number of esters is 2. The van der Waals surface area contributed by atoms with E-state index in [1.165, 1.54) is 25.3 Å². The lowest BCUT2D eigenvalue weighted by Gasteiger charge is -2.27. The third-order valence-electron chi connectivity index (χ3n) is 3.71. The number of methoxy groups -OCH3 is 2. The molecule has 9 heteroatoms. The van der Waals surface area contributed by atoms with Crippen LogP contribution < -0.4 is 0 Å². The predicted octanol–water partition coefficient (Wildman–Crippen LogP) is 1.47. The summed E-state index contributed by atoms with van der Waals surface area (Å²) in [5.41, 5.74) is 0.0319. The van der Waals surface area contributed by atoms with Gasteiger partial charge in [0.05, 0.1) is 30.8 Å². The standard InChI is InChI=1S/C15H15N3O6/c1-8-11(14(19)23-2)12(13(17-16-8)15(20)24-3)9-6-4-5-7-10(9)18(21)22/h4-7,11-12H,1-3H3. The maximum atomic E-state index is 12.2. The average Bonchev–Trinajstić information content (AvgIpc) is 2.59. The number of rotatable bonds is 4. The van der Waals surface area contributed by atoms with E-state index in [2.05, 4.69) is 14.9 Å². The van der Waals surface area contributed by atoms with Crippen molar-refractivity contribution in [1.82, 2.24) is 0 Å². The first kappa shape index (κ1) is 17.3. The first-order chi connectivity index (χ1) is 11.4. The largest absolute Gasteiger partial charge is 0.468 e. The molecular formula is C15H15N3O6. The Kier molecular flexibility index (Phi) is 5.02. The van der Waals surface area contributed by atoms with Crippen LogP contribution in [-0.2, 0) is 19.1 Å². The number of para-hydroxylation sites is 1. The van der Waals surface area contributed by atoms with Crippen LogP contribution in [0, 0.1) is 16.0 Å². The Morgan fingerprint density at radius 3 is 2.42 bits per heavy atom. The molecule has 2 rings (SSSR count). The molecule has 0 saturated heterocycles. The summed E-state index contributed by atoms with van der Waals surface area (Å²) in [7, 11) is 2.34. The number of nitro groups is 1. The van der Waals surface area contributed by atoms with Crippen molar-refractivity contribution in [2.45, 2.75) is 12.8 Å². The number of benzene rings is 1. The highest BCUT2D eigenvalue weighted by Gasteiger charge is 2.44. The summed E-state index contributed by atoms with van der Waals surface area (Å²) in [5, 5.41) is 19.0. The quantitative estimate of drug-likeness (QED) is 0.467. The summed E-state index contributed by atoms with van der Waals surface area (Å²) >= 11 is 0. The van der Waals surface area contributed by atoms with E-state index in [1.54, 1.807) is 13.0 Å². The molecular weight excluding hydrogens is 318 g/mol. The third-order valence-corrected chi connectivity index (χ3v) is 3.71. The van der Waals surface area contributed by atoms with E-state index < -0.39 is 28.7 Å². The lowest BCUT2D eigenvalue weighted by atomic mass is 9.78. The fraction of sp³-hybridized carbons (Fsp3) is 0.333. The smallest absolute Gasteiger partial charge is 0.355 e. The Morgan fingerprint density at radius 1 is 1.17 bits per heavy atom. The predicted molar refractivity (Wildman–Crippen MR) is 83.9 cm³/mol. The Balaban J connectivity index is 2.69. The van der Waals surface area contributed by atoms with Crippen molar-refractivity contribution < 1.29 is 24.0 Å². The van der Waals surface area contributed by atoms with Gasteiger partial charge in [-0.2, -0.15) is 5.10 Å². The summed E-state index contributed by atoms with van der Waals surface area (Å²) in [4.78, 5) is 35.0. The summed E-state index contributed by atoms with van der Waals surface area (Å²) in [6, 6.07) is 5.83. The van der Waals surface area contributed by atoms with E-state index in [1.807, 2.05) is 0 Å². The molecule has 1 heterocycles. The van der Waals surface area contributed by atoms with Crippen LogP contribution in [0.15, 0.2) is 34.5 Å². The van der Waals surface area contributed by atoms with Crippen LogP contribution in [0.4, 0.5) is 5.69 Å². The Bertz CT molecular complexity index is 755. The summed E-state index contributed by atoms with van der Waals surface area (Å²) in [6.45, 7) is 1.54. The minimum absolute atomic E-state index is 0.163. The fourth-order valence-electron chi connectivity index (χ4n) is 2.61. The maximum Gasteiger partial charge on any atom is 0.355 e. The first-order valence-corrected chi connectivity index (χ1v) is 6.93. The monoisotopic (exact) mass is 333 g/mol. The summed E-state index contributed by atoms with van der Waals surface area (Å²) < 4.78 is 9.45. The van der Waals surface area contributed by atoms with Gasteiger partial charge in [0.1, 0.15) is 5.92 Å². The Labute approximate surface area is 137 Å². The van der Waals surface area contributed by atoms with Gasteiger partial charge in [0.25, 0.3) is 5.69 Å². The van der Waals surface area contributed by atoms with Crippen LogP contribution in [0.5, 0.6) is 0 Å². The zero-order valence-electron chi connectivity index (χ0n) is 13.3. The lowest BCUT2D eigenvalue weighted by Crippen LogP contribution is -2.40. The van der Waals surface area contributed by atoms with Gasteiger partial charge in [-0.05, 0) is 6.92 Å². The van der Waals surface area contributed by atoms with Gasteiger partial charge in [-0.1, -0.05) is 18.2 Å². The van der Waals surface area contributed by atoms with Gasteiger partial charge in [0.2, 0.25) is 0 Å². The van der Waals surface area contributed by atoms with Crippen LogP contribution in [0.25, 0.3) is 0 Å². The number of carbonyl (C=O) groups excluding carboxylic acids is 2. The zero-order chi connectivity index (χ0) is 17.9. The summed E-state index contributed by atoms with van der Waals surface area (Å²) in [6.07, 6.45) is 0. The van der Waals surface area contributed by atoms with Crippen LogP contribution in [0.3, 0.4) is 0 Å². The van der Waals surface area contributed by atoms with Gasteiger partial charge in [-0.25, -0.2) is 4.79 Å². The zero-order valence-corrected chi connectivity index (χ0v) is 13.3. The minimum atomic E-state index is -1.02. The molecule has 0 aromatic heterocycles. The lowest BCUT2D eigenvalue weighted by molar-refractivity contribution is -0.385. The second-order valence-corrected chi connectivity index (χ2v) is 5.01. The Hall–Kier alpha value is -3.10. The van der Waals surface area contributed by atoms with E-state index in [4.69, 9.17) is 4.74 Å². The maximum absolute atomic E-state index is 12.2. The molecule has 2 atom stereocenters. The molecule has 1 aliphatic heterocycles. The molecule has 1 aromatic rings. The average molecular weight is 333 g/mol. The van der Waals surface area contributed by atoms with Crippen molar-refractivity contribution in [2.24, 2.45) is 16.1 Å². The molecule has 0 spiro atoms. The molecule has 0 N–H and O–H groups in total. The van der Waals surface area contributed by atoms with Crippen molar-refractivity contribution in [1.29, 1.82) is 0 Å². The second-order valence-electron chi connectivity index (χ2n) is 5.01. The molecule has 1 aliphatic rings. The minimum Gasteiger partial charge on any atom is -0.468 e. The van der Waals surface area contributed by atoms with Crippen molar-refractivity contribution in [2.75, 3.05) is 14.2 Å². The number of ether oxygens (including phenoxy) is 2. The highest BCUT2D eigenvalue weighted by atomic mass is 16.6. The number of hydrogen-bond acceptors (Lipinski definition) is 8. The molecule has 0 radical (unpaired) electrons. The van der Waals surface area contributed by atoms with Crippen molar-refractivity contribution in [3.8, 4) is 0 Å². The van der Waals surface area contributed by atoms with Crippen molar-refractivity contribution >= 4 is 29.0 Å². The van der Waals surface area contributed by atoms with E-state index in [0.717, 1.165) is 7.11 Å². The van der Waals surface area contributed by atoms with Crippen molar-refractivity contribution in [3.63, 3.8) is 0 Å². The second kappa shape index (κ2) is 6.99. The van der Waals surface area contributed by atoms with Crippen LogP contribution in [-0.4, -0.2) is 42.5 Å². The van der Waals surface area contributed by atoms with E-state index in [0.29, 0.717) is 0 Å². The topological polar surface area (TPSA) is 120 Å². The van der Waals surface area contributed by atoms with E-state index in [-0.39, 0.29) is 22.7 Å².